The van der Waals surface area contributed by atoms with E-state index in [1.165, 1.54) is 18.8 Å². The highest BCUT2D eigenvalue weighted by Gasteiger charge is 2.27. The summed E-state index contributed by atoms with van der Waals surface area (Å²) in [6.45, 7) is 4.29. The number of ether oxygens (including phenoxy) is 2. The van der Waals surface area contributed by atoms with Gasteiger partial charge in [-0.3, -0.25) is 9.48 Å². The second kappa shape index (κ2) is 7.80. The first-order valence-electron chi connectivity index (χ1n) is 8.86. The SMILES string of the molecule is Cc1nn(CC(=O)Nc2ccc3c(c2)OCCCO3)c(C)c1S(=O)(=O)N(C)C. The fourth-order valence-electron chi connectivity index (χ4n) is 2.97. The first-order valence-corrected chi connectivity index (χ1v) is 10.3. The Hall–Kier alpha value is -2.59. The van der Waals surface area contributed by atoms with Crippen molar-refractivity contribution in [3.63, 3.8) is 0 Å². The summed E-state index contributed by atoms with van der Waals surface area (Å²) in [6, 6.07) is 5.19. The Morgan fingerprint density at radius 3 is 2.57 bits per heavy atom. The van der Waals surface area contributed by atoms with Gasteiger partial charge >= 0.3 is 0 Å². The second-order valence-corrected chi connectivity index (χ2v) is 8.79. The molecule has 0 atom stereocenters. The summed E-state index contributed by atoms with van der Waals surface area (Å²) in [5.41, 5.74) is 1.34. The molecule has 2 heterocycles. The summed E-state index contributed by atoms with van der Waals surface area (Å²) in [4.78, 5) is 12.6. The van der Waals surface area contributed by atoms with E-state index in [-0.39, 0.29) is 17.3 Å². The summed E-state index contributed by atoms with van der Waals surface area (Å²) in [6.07, 6.45) is 0.798. The highest BCUT2D eigenvalue weighted by atomic mass is 32.2. The van der Waals surface area contributed by atoms with Crippen LogP contribution in [0.15, 0.2) is 23.1 Å². The standard InChI is InChI=1S/C18H24N4O5S/c1-12-18(28(24,25)21(3)4)13(2)22(20-12)11-17(23)19-14-6-7-15-16(10-14)27-9-5-8-26-15/h6-7,10H,5,8-9,11H2,1-4H3,(H,19,23). The Balaban J connectivity index is 1.77. The number of hydrogen-bond acceptors (Lipinski definition) is 6. The minimum absolute atomic E-state index is 0.107. The van der Waals surface area contributed by atoms with Crippen LogP contribution in [0.2, 0.25) is 0 Å². The van der Waals surface area contributed by atoms with Crippen molar-refractivity contribution in [2.75, 3.05) is 32.6 Å². The van der Waals surface area contributed by atoms with E-state index in [0.29, 0.717) is 41.8 Å². The molecule has 0 bridgehead atoms. The number of nitrogens with zero attached hydrogens (tertiary/aromatic N) is 3. The molecule has 0 saturated carbocycles. The van der Waals surface area contributed by atoms with E-state index >= 15 is 0 Å². The molecular weight excluding hydrogens is 384 g/mol. The van der Waals surface area contributed by atoms with Crippen molar-refractivity contribution in [1.29, 1.82) is 0 Å². The summed E-state index contributed by atoms with van der Waals surface area (Å²) >= 11 is 0. The first-order chi connectivity index (χ1) is 13.2. The third-order valence-electron chi connectivity index (χ3n) is 4.38. The number of fused-ring (bicyclic) bond motifs is 1. The van der Waals surface area contributed by atoms with E-state index in [1.54, 1.807) is 32.0 Å². The van der Waals surface area contributed by atoms with Gasteiger partial charge in [-0.15, -0.1) is 0 Å². The molecule has 0 fully saturated rings. The number of aryl methyl sites for hydroxylation is 1. The van der Waals surface area contributed by atoms with Crippen molar-refractivity contribution in [1.82, 2.24) is 14.1 Å². The molecule has 1 N–H and O–H groups in total. The van der Waals surface area contributed by atoms with Gasteiger partial charge in [-0.25, -0.2) is 12.7 Å². The monoisotopic (exact) mass is 408 g/mol. The quantitative estimate of drug-likeness (QED) is 0.805. The van der Waals surface area contributed by atoms with Crippen LogP contribution in [0, 0.1) is 13.8 Å². The smallest absolute Gasteiger partial charge is 0.246 e. The molecule has 0 radical (unpaired) electrons. The largest absolute Gasteiger partial charge is 0.490 e. The first kappa shape index (κ1) is 20.2. The molecule has 3 rings (SSSR count). The Kier molecular flexibility index (Phi) is 5.61. The summed E-state index contributed by atoms with van der Waals surface area (Å²) < 4.78 is 38.7. The fourth-order valence-corrected chi connectivity index (χ4v) is 4.23. The fraction of sp³-hybridized carbons (Fsp3) is 0.444. The molecule has 152 valence electrons. The number of benzene rings is 1. The van der Waals surface area contributed by atoms with Crippen LogP contribution in [0.3, 0.4) is 0 Å². The summed E-state index contributed by atoms with van der Waals surface area (Å²) in [5, 5.41) is 7.01. The maximum Gasteiger partial charge on any atom is 0.246 e. The van der Waals surface area contributed by atoms with Crippen LogP contribution in [-0.4, -0.2) is 55.7 Å². The van der Waals surface area contributed by atoms with Crippen LogP contribution in [0.5, 0.6) is 11.5 Å². The van der Waals surface area contributed by atoms with Crippen molar-refractivity contribution in [3.8, 4) is 11.5 Å². The number of amides is 1. The van der Waals surface area contributed by atoms with Crippen molar-refractivity contribution in [2.45, 2.75) is 31.7 Å². The minimum atomic E-state index is -3.64. The molecule has 1 aromatic carbocycles. The zero-order valence-corrected chi connectivity index (χ0v) is 17.2. The van der Waals surface area contributed by atoms with Gasteiger partial charge in [0.05, 0.1) is 24.6 Å². The lowest BCUT2D eigenvalue weighted by Crippen LogP contribution is -2.24. The predicted molar refractivity (Wildman–Crippen MR) is 103 cm³/mol. The topological polar surface area (TPSA) is 103 Å². The van der Waals surface area contributed by atoms with Crippen molar-refractivity contribution < 1.29 is 22.7 Å². The maximum atomic E-state index is 12.5. The molecule has 2 aromatic rings. The van der Waals surface area contributed by atoms with E-state index in [4.69, 9.17) is 9.47 Å². The van der Waals surface area contributed by atoms with Gasteiger partial charge in [0.1, 0.15) is 11.4 Å². The number of nitrogens with one attached hydrogen (secondary N) is 1. The lowest BCUT2D eigenvalue weighted by Gasteiger charge is -2.12. The Labute approximate surface area is 164 Å². The van der Waals surface area contributed by atoms with Gasteiger partial charge in [0.15, 0.2) is 11.5 Å². The van der Waals surface area contributed by atoms with E-state index in [1.807, 2.05) is 0 Å². The third kappa shape index (κ3) is 3.97. The van der Waals surface area contributed by atoms with Crippen molar-refractivity contribution in [2.24, 2.45) is 0 Å². The molecule has 1 aliphatic heterocycles. The van der Waals surface area contributed by atoms with Gasteiger partial charge in [0, 0.05) is 32.3 Å². The molecule has 0 saturated heterocycles. The normalized spacial score (nSPS) is 14.0. The number of rotatable bonds is 5. The van der Waals surface area contributed by atoms with Crippen LogP contribution >= 0.6 is 0 Å². The minimum Gasteiger partial charge on any atom is -0.490 e. The van der Waals surface area contributed by atoms with Gasteiger partial charge in [-0.2, -0.15) is 5.10 Å². The Morgan fingerprint density at radius 2 is 1.89 bits per heavy atom. The zero-order chi connectivity index (χ0) is 20.5. The van der Waals surface area contributed by atoms with Gasteiger partial charge in [0.2, 0.25) is 15.9 Å². The number of sulfonamides is 1. The summed E-state index contributed by atoms with van der Waals surface area (Å²) in [7, 11) is -0.717. The lowest BCUT2D eigenvalue weighted by atomic mass is 10.2. The Bertz CT molecular complexity index is 998. The average molecular weight is 408 g/mol. The molecular formula is C18H24N4O5S. The van der Waals surface area contributed by atoms with Crippen molar-refractivity contribution >= 4 is 21.6 Å². The van der Waals surface area contributed by atoms with Gasteiger partial charge in [-0.05, 0) is 26.0 Å². The Morgan fingerprint density at radius 1 is 1.21 bits per heavy atom. The third-order valence-corrected chi connectivity index (χ3v) is 6.45. The van der Waals surface area contributed by atoms with E-state index < -0.39 is 10.0 Å². The van der Waals surface area contributed by atoms with E-state index in [9.17, 15) is 13.2 Å². The van der Waals surface area contributed by atoms with Gasteiger partial charge in [-0.1, -0.05) is 0 Å². The highest BCUT2D eigenvalue weighted by Crippen LogP contribution is 2.32. The zero-order valence-electron chi connectivity index (χ0n) is 16.4. The van der Waals surface area contributed by atoms with Crippen LogP contribution < -0.4 is 14.8 Å². The number of hydrogen-bond donors (Lipinski definition) is 1. The van der Waals surface area contributed by atoms with Crippen LogP contribution in [0.4, 0.5) is 5.69 Å². The number of anilines is 1. The number of aromatic nitrogens is 2. The highest BCUT2D eigenvalue weighted by molar-refractivity contribution is 7.89. The molecule has 1 amide bonds. The molecule has 0 unspecified atom stereocenters. The second-order valence-electron chi connectivity index (χ2n) is 6.71. The molecule has 28 heavy (non-hydrogen) atoms. The maximum absolute atomic E-state index is 12.5. The predicted octanol–water partition coefficient (Wildman–Crippen LogP) is 1.55. The molecule has 10 heteroatoms. The molecule has 1 aromatic heterocycles. The average Bonchev–Trinajstić information content (AvgIpc) is 2.78. The summed E-state index contributed by atoms with van der Waals surface area (Å²) in [5.74, 6) is 0.905. The van der Waals surface area contributed by atoms with Gasteiger partial charge < -0.3 is 14.8 Å². The molecule has 9 nitrogen and oxygen atoms in total. The lowest BCUT2D eigenvalue weighted by molar-refractivity contribution is -0.116. The van der Waals surface area contributed by atoms with E-state index in [2.05, 4.69) is 10.4 Å². The molecule has 0 aliphatic carbocycles. The molecule has 0 spiro atoms. The van der Waals surface area contributed by atoms with Crippen molar-refractivity contribution in [3.05, 3.63) is 29.6 Å². The van der Waals surface area contributed by atoms with E-state index in [0.717, 1.165) is 10.7 Å². The van der Waals surface area contributed by atoms with Gasteiger partial charge in [0.25, 0.3) is 0 Å². The van der Waals surface area contributed by atoms with Crippen LogP contribution in [-0.2, 0) is 21.4 Å². The number of carbonyl (C=O) groups excluding carboxylic acids is 1. The number of carbonyl (C=O) groups is 1. The van der Waals surface area contributed by atoms with Crippen LogP contribution in [0.1, 0.15) is 17.8 Å². The molecule has 1 aliphatic rings. The van der Waals surface area contributed by atoms with Crippen LogP contribution in [0.25, 0.3) is 0 Å².